The molecule has 0 bridgehead atoms. The van der Waals surface area contributed by atoms with E-state index in [-0.39, 0.29) is 23.4 Å². The lowest BCUT2D eigenvalue weighted by atomic mass is 9.98. The van der Waals surface area contributed by atoms with Gasteiger partial charge >= 0.3 is 11.9 Å². The molecule has 0 heterocycles. The summed E-state index contributed by atoms with van der Waals surface area (Å²) in [5.74, 6) is -1.80. The normalized spacial score (nSPS) is 11.9. The van der Waals surface area contributed by atoms with Gasteiger partial charge in [0, 0.05) is 17.0 Å². The molecule has 0 saturated carbocycles. The fraction of sp³-hybridized carbons (Fsp3) is 0.333. The molecule has 0 spiro atoms. The molecule has 0 aromatic heterocycles. The van der Waals surface area contributed by atoms with E-state index in [9.17, 15) is 14.7 Å². The molecule has 18 heavy (non-hydrogen) atoms. The van der Waals surface area contributed by atoms with Crippen LogP contribution in [0.25, 0.3) is 0 Å². The van der Waals surface area contributed by atoms with Crippen LogP contribution in [0.5, 0.6) is 0 Å². The second-order valence-electron chi connectivity index (χ2n) is 3.63. The molecule has 1 aromatic carbocycles. The van der Waals surface area contributed by atoms with E-state index in [0.717, 1.165) is 0 Å². The standard InChI is InChI=1S/C12H13ClO5/c1-18-9(14)6-5-7-3-2-4-8(13)10(7)11(15)12(16)17/h2-4,11,15H,5-6H2,1H3,(H,16,17). The van der Waals surface area contributed by atoms with Gasteiger partial charge in [0.25, 0.3) is 0 Å². The highest BCUT2D eigenvalue weighted by atomic mass is 35.5. The number of carbonyl (C=O) groups excluding carboxylic acids is 1. The number of aliphatic hydroxyl groups excluding tert-OH is 1. The van der Waals surface area contributed by atoms with Crippen LogP contribution in [0.1, 0.15) is 23.7 Å². The second kappa shape index (κ2) is 6.37. The first-order valence-corrected chi connectivity index (χ1v) is 5.60. The quantitative estimate of drug-likeness (QED) is 0.795. The number of esters is 1. The highest BCUT2D eigenvalue weighted by Crippen LogP contribution is 2.28. The minimum atomic E-state index is -1.70. The summed E-state index contributed by atoms with van der Waals surface area (Å²) in [4.78, 5) is 21.8. The van der Waals surface area contributed by atoms with Crippen LogP contribution in [0.15, 0.2) is 18.2 Å². The highest BCUT2D eigenvalue weighted by molar-refractivity contribution is 6.31. The van der Waals surface area contributed by atoms with Gasteiger partial charge in [0.1, 0.15) is 0 Å². The fourth-order valence-corrected chi connectivity index (χ4v) is 1.87. The van der Waals surface area contributed by atoms with Gasteiger partial charge < -0.3 is 14.9 Å². The number of halogens is 1. The van der Waals surface area contributed by atoms with Crippen molar-refractivity contribution in [1.82, 2.24) is 0 Å². The molecule has 1 rings (SSSR count). The molecule has 0 aliphatic rings. The molecule has 0 radical (unpaired) electrons. The Balaban J connectivity index is 3.00. The maximum absolute atomic E-state index is 11.1. The molecular weight excluding hydrogens is 260 g/mol. The predicted molar refractivity (Wildman–Crippen MR) is 64.4 cm³/mol. The molecule has 1 atom stereocenters. The van der Waals surface area contributed by atoms with Crippen LogP contribution in [0.4, 0.5) is 0 Å². The molecule has 0 aliphatic heterocycles. The topological polar surface area (TPSA) is 83.8 Å². The molecular formula is C12H13ClO5. The van der Waals surface area contributed by atoms with E-state index < -0.39 is 18.0 Å². The Kier molecular flexibility index (Phi) is 5.12. The van der Waals surface area contributed by atoms with Gasteiger partial charge in [-0.15, -0.1) is 0 Å². The van der Waals surface area contributed by atoms with Crippen LogP contribution in [-0.2, 0) is 20.7 Å². The number of methoxy groups -OCH3 is 1. The first-order valence-electron chi connectivity index (χ1n) is 5.22. The van der Waals surface area contributed by atoms with Gasteiger partial charge in [0.2, 0.25) is 0 Å². The maximum Gasteiger partial charge on any atom is 0.337 e. The van der Waals surface area contributed by atoms with E-state index in [2.05, 4.69) is 4.74 Å². The summed E-state index contributed by atoms with van der Waals surface area (Å²) in [7, 11) is 1.27. The van der Waals surface area contributed by atoms with Crippen LogP contribution in [0.2, 0.25) is 5.02 Å². The Morgan fingerprint density at radius 3 is 2.67 bits per heavy atom. The van der Waals surface area contributed by atoms with Crippen molar-refractivity contribution in [2.75, 3.05) is 7.11 Å². The number of rotatable bonds is 5. The predicted octanol–water partition coefficient (Wildman–Crippen LogP) is 1.56. The number of carboxylic acid groups (broad SMARTS) is 1. The number of hydrogen-bond donors (Lipinski definition) is 2. The molecule has 6 heteroatoms. The average Bonchev–Trinajstić information content (AvgIpc) is 2.35. The lowest BCUT2D eigenvalue weighted by molar-refractivity contribution is -0.147. The Morgan fingerprint density at radius 2 is 2.11 bits per heavy atom. The van der Waals surface area contributed by atoms with E-state index >= 15 is 0 Å². The number of hydrogen-bond acceptors (Lipinski definition) is 4. The van der Waals surface area contributed by atoms with E-state index in [1.54, 1.807) is 12.1 Å². The van der Waals surface area contributed by atoms with Crippen LogP contribution >= 0.6 is 11.6 Å². The van der Waals surface area contributed by atoms with E-state index in [4.69, 9.17) is 16.7 Å². The van der Waals surface area contributed by atoms with Crippen molar-refractivity contribution in [2.45, 2.75) is 18.9 Å². The Morgan fingerprint density at radius 1 is 1.44 bits per heavy atom. The van der Waals surface area contributed by atoms with Crippen LogP contribution in [0.3, 0.4) is 0 Å². The van der Waals surface area contributed by atoms with E-state index in [0.29, 0.717) is 5.56 Å². The average molecular weight is 273 g/mol. The molecule has 0 saturated heterocycles. The van der Waals surface area contributed by atoms with Crippen molar-refractivity contribution in [3.63, 3.8) is 0 Å². The highest BCUT2D eigenvalue weighted by Gasteiger charge is 2.22. The first kappa shape index (κ1) is 14.5. The van der Waals surface area contributed by atoms with Crippen molar-refractivity contribution in [3.05, 3.63) is 34.3 Å². The van der Waals surface area contributed by atoms with Crippen molar-refractivity contribution in [1.29, 1.82) is 0 Å². The van der Waals surface area contributed by atoms with Gasteiger partial charge in [-0.25, -0.2) is 4.79 Å². The van der Waals surface area contributed by atoms with Crippen molar-refractivity contribution in [3.8, 4) is 0 Å². The van der Waals surface area contributed by atoms with E-state index in [1.165, 1.54) is 13.2 Å². The van der Waals surface area contributed by atoms with Gasteiger partial charge in [-0.1, -0.05) is 23.7 Å². The molecule has 2 N–H and O–H groups in total. The summed E-state index contributed by atoms with van der Waals surface area (Å²) < 4.78 is 4.50. The van der Waals surface area contributed by atoms with Crippen LogP contribution in [0, 0.1) is 0 Å². The fourth-order valence-electron chi connectivity index (χ4n) is 1.57. The Hall–Kier alpha value is -1.59. The zero-order valence-corrected chi connectivity index (χ0v) is 10.5. The Bertz CT molecular complexity index is 458. The SMILES string of the molecule is COC(=O)CCc1cccc(Cl)c1C(O)C(=O)O. The number of aryl methyl sites for hydroxylation is 1. The number of carboxylic acids is 1. The molecule has 0 fully saturated rings. The van der Waals surface area contributed by atoms with Gasteiger partial charge in [-0.05, 0) is 18.1 Å². The summed E-state index contributed by atoms with van der Waals surface area (Å²) in [5, 5.41) is 18.5. The number of aliphatic carboxylic acids is 1. The summed E-state index contributed by atoms with van der Waals surface area (Å²) in [6, 6.07) is 4.74. The lowest BCUT2D eigenvalue weighted by Gasteiger charge is -2.13. The smallest absolute Gasteiger partial charge is 0.337 e. The van der Waals surface area contributed by atoms with Gasteiger partial charge in [0.05, 0.1) is 7.11 Å². The minimum Gasteiger partial charge on any atom is -0.479 e. The third kappa shape index (κ3) is 3.45. The number of carbonyl (C=O) groups is 2. The van der Waals surface area contributed by atoms with Crippen molar-refractivity contribution in [2.24, 2.45) is 0 Å². The first-order chi connectivity index (χ1) is 8.47. The van der Waals surface area contributed by atoms with Gasteiger partial charge in [0.15, 0.2) is 6.10 Å². The largest absolute Gasteiger partial charge is 0.479 e. The summed E-state index contributed by atoms with van der Waals surface area (Å²) in [6.07, 6.45) is -1.35. The van der Waals surface area contributed by atoms with Gasteiger partial charge in [-0.3, -0.25) is 4.79 Å². The zero-order chi connectivity index (χ0) is 13.7. The minimum absolute atomic E-state index is 0.0934. The molecule has 1 aromatic rings. The lowest BCUT2D eigenvalue weighted by Crippen LogP contribution is -2.14. The maximum atomic E-state index is 11.1. The summed E-state index contributed by atoms with van der Waals surface area (Å²) in [6.45, 7) is 0. The molecule has 5 nitrogen and oxygen atoms in total. The third-order valence-electron chi connectivity index (χ3n) is 2.48. The molecule has 0 aliphatic carbocycles. The third-order valence-corrected chi connectivity index (χ3v) is 2.81. The van der Waals surface area contributed by atoms with Crippen LogP contribution in [-0.4, -0.2) is 29.3 Å². The van der Waals surface area contributed by atoms with Gasteiger partial charge in [-0.2, -0.15) is 0 Å². The number of ether oxygens (including phenoxy) is 1. The van der Waals surface area contributed by atoms with Crippen molar-refractivity contribution < 1.29 is 24.5 Å². The molecule has 0 amide bonds. The summed E-state index contributed by atoms with van der Waals surface area (Å²) >= 11 is 5.88. The monoisotopic (exact) mass is 272 g/mol. The van der Waals surface area contributed by atoms with Crippen LogP contribution < -0.4 is 0 Å². The molecule has 1 unspecified atom stereocenters. The molecule has 98 valence electrons. The zero-order valence-electron chi connectivity index (χ0n) is 9.72. The Labute approximate surface area is 109 Å². The second-order valence-corrected chi connectivity index (χ2v) is 4.04. The summed E-state index contributed by atoms with van der Waals surface area (Å²) in [5.41, 5.74) is 0.637. The number of aliphatic hydroxyl groups is 1. The number of benzene rings is 1. The van der Waals surface area contributed by atoms with E-state index in [1.807, 2.05) is 0 Å². The van der Waals surface area contributed by atoms with Crippen molar-refractivity contribution >= 4 is 23.5 Å².